The quantitative estimate of drug-likeness (QED) is 0.402. The van der Waals surface area contributed by atoms with Crippen LogP contribution in [0.25, 0.3) is 10.9 Å². The minimum absolute atomic E-state index is 0.0164. The van der Waals surface area contributed by atoms with Crippen molar-refractivity contribution < 1.29 is 22.7 Å². The van der Waals surface area contributed by atoms with Gasteiger partial charge in [-0.1, -0.05) is 30.7 Å². The monoisotopic (exact) mass is 490 g/mol. The summed E-state index contributed by atoms with van der Waals surface area (Å²) in [5.41, 5.74) is -0.132. The van der Waals surface area contributed by atoms with Crippen LogP contribution in [0.4, 0.5) is 13.2 Å². The zero-order chi connectivity index (χ0) is 24.3. The van der Waals surface area contributed by atoms with Crippen molar-refractivity contribution in [2.75, 3.05) is 0 Å². The van der Waals surface area contributed by atoms with Gasteiger partial charge in [0.1, 0.15) is 11.4 Å². The number of pyridine rings is 1. The molecule has 1 saturated carbocycles. The van der Waals surface area contributed by atoms with Crippen molar-refractivity contribution in [2.24, 2.45) is 5.92 Å². The molecule has 4 rings (SSSR count). The summed E-state index contributed by atoms with van der Waals surface area (Å²) < 4.78 is 46.1. The number of carbonyl (C=O) groups excluding carboxylic acids is 1. The number of ether oxygens (including phenoxy) is 1. The largest absolute Gasteiger partial charge is 0.490 e. The molecule has 0 bridgehead atoms. The molecule has 1 N–H and O–H groups in total. The molecule has 1 aliphatic carbocycles. The van der Waals surface area contributed by atoms with Gasteiger partial charge in [0.15, 0.2) is 0 Å². The Hall–Kier alpha value is -2.80. The van der Waals surface area contributed by atoms with E-state index < -0.39 is 11.9 Å². The van der Waals surface area contributed by atoms with E-state index in [1.165, 1.54) is 0 Å². The number of nitrogens with zero attached hydrogens (tertiary/aromatic N) is 1. The molecule has 34 heavy (non-hydrogen) atoms. The van der Waals surface area contributed by atoms with Gasteiger partial charge in [0.2, 0.25) is 0 Å². The highest BCUT2D eigenvalue weighted by Gasteiger charge is 2.34. The normalized spacial score (nSPS) is 19.6. The van der Waals surface area contributed by atoms with E-state index >= 15 is 0 Å². The summed E-state index contributed by atoms with van der Waals surface area (Å²) in [5, 5.41) is 4.27. The number of carbonyl (C=O) groups is 1. The van der Waals surface area contributed by atoms with Crippen molar-refractivity contribution in [1.82, 2.24) is 10.3 Å². The molecule has 0 saturated heterocycles. The van der Waals surface area contributed by atoms with E-state index in [0.717, 1.165) is 25.3 Å². The van der Waals surface area contributed by atoms with Crippen LogP contribution in [0.15, 0.2) is 54.6 Å². The van der Waals surface area contributed by atoms with Gasteiger partial charge in [-0.2, -0.15) is 13.2 Å². The predicted octanol–water partition coefficient (Wildman–Crippen LogP) is 7.05. The SMILES string of the molecule is CCC(NC(=O)c1ccc(Cl)cc1)C1CCC(Oc2cc(C(F)(F)F)nc3ccccc23)CC1. The first-order valence-electron chi connectivity index (χ1n) is 11.4. The number of nitrogens with one attached hydrogen (secondary N) is 1. The Morgan fingerprint density at radius 2 is 1.79 bits per heavy atom. The van der Waals surface area contributed by atoms with Crippen LogP contribution in [0.3, 0.4) is 0 Å². The summed E-state index contributed by atoms with van der Waals surface area (Å²) in [6.07, 6.45) is -0.895. The standard InChI is InChI=1S/C26H26ClF3N2O2/c1-2-21(32-25(33)17-7-11-18(27)12-8-17)16-9-13-19(14-10-16)34-23-15-24(26(28,29)30)31-22-6-4-3-5-20(22)23/h3-8,11-12,15-16,19,21H,2,9-10,13-14H2,1H3,(H,32,33). The minimum atomic E-state index is -4.55. The molecule has 1 aliphatic rings. The van der Waals surface area contributed by atoms with Crippen LogP contribution < -0.4 is 10.1 Å². The minimum Gasteiger partial charge on any atom is -0.490 e. The average Bonchev–Trinajstić information content (AvgIpc) is 2.83. The number of aromatic nitrogens is 1. The van der Waals surface area contributed by atoms with Crippen LogP contribution >= 0.6 is 11.6 Å². The third kappa shape index (κ3) is 5.63. The highest BCUT2D eigenvalue weighted by atomic mass is 35.5. The lowest BCUT2D eigenvalue weighted by Crippen LogP contribution is -2.42. The number of benzene rings is 2. The second-order valence-electron chi connectivity index (χ2n) is 8.67. The van der Waals surface area contributed by atoms with Gasteiger partial charge in [-0.3, -0.25) is 4.79 Å². The molecule has 0 aliphatic heterocycles. The van der Waals surface area contributed by atoms with Gasteiger partial charge in [0.25, 0.3) is 5.91 Å². The molecule has 1 amide bonds. The van der Waals surface area contributed by atoms with Crippen LogP contribution in [0.5, 0.6) is 5.75 Å². The first-order chi connectivity index (χ1) is 16.2. The first kappa shape index (κ1) is 24.3. The van der Waals surface area contributed by atoms with Crippen molar-refractivity contribution in [3.63, 3.8) is 0 Å². The van der Waals surface area contributed by atoms with Gasteiger partial charge in [-0.05, 0) is 74.4 Å². The van der Waals surface area contributed by atoms with Gasteiger partial charge < -0.3 is 10.1 Å². The van der Waals surface area contributed by atoms with E-state index in [9.17, 15) is 18.0 Å². The van der Waals surface area contributed by atoms with Crippen LogP contribution in [0.2, 0.25) is 5.02 Å². The Bertz CT molecular complexity index is 1140. The van der Waals surface area contributed by atoms with Gasteiger partial charge in [0, 0.05) is 28.1 Å². The first-order valence-corrected chi connectivity index (χ1v) is 11.8. The number of alkyl halides is 3. The number of halogens is 4. The molecule has 8 heteroatoms. The highest BCUT2D eigenvalue weighted by molar-refractivity contribution is 6.30. The van der Waals surface area contributed by atoms with Gasteiger partial charge in [-0.25, -0.2) is 4.98 Å². The van der Waals surface area contributed by atoms with Crippen LogP contribution in [0, 0.1) is 5.92 Å². The van der Waals surface area contributed by atoms with E-state index in [0.29, 0.717) is 28.8 Å². The van der Waals surface area contributed by atoms with E-state index in [4.69, 9.17) is 16.3 Å². The predicted molar refractivity (Wildman–Crippen MR) is 126 cm³/mol. The maximum atomic E-state index is 13.3. The molecule has 1 fully saturated rings. The smallest absolute Gasteiger partial charge is 0.433 e. The van der Waals surface area contributed by atoms with Gasteiger partial charge >= 0.3 is 6.18 Å². The van der Waals surface area contributed by atoms with E-state index in [-0.39, 0.29) is 35.2 Å². The van der Waals surface area contributed by atoms with Crippen molar-refractivity contribution in [3.05, 3.63) is 70.9 Å². The molecule has 1 atom stereocenters. The lowest BCUT2D eigenvalue weighted by Gasteiger charge is -2.34. The molecular formula is C26H26ClF3N2O2. The molecule has 0 radical (unpaired) electrons. The molecule has 2 aromatic carbocycles. The molecule has 1 unspecified atom stereocenters. The Labute approximate surface area is 201 Å². The van der Waals surface area contributed by atoms with E-state index in [1.807, 2.05) is 6.92 Å². The van der Waals surface area contributed by atoms with Crippen LogP contribution in [-0.4, -0.2) is 23.0 Å². The number of rotatable bonds is 6. The summed E-state index contributed by atoms with van der Waals surface area (Å²) in [7, 11) is 0. The Balaban J connectivity index is 1.41. The maximum Gasteiger partial charge on any atom is 0.433 e. The number of fused-ring (bicyclic) bond motifs is 1. The Morgan fingerprint density at radius 3 is 2.44 bits per heavy atom. The number of para-hydroxylation sites is 1. The fraction of sp³-hybridized carbons (Fsp3) is 0.385. The van der Waals surface area contributed by atoms with Gasteiger partial charge in [-0.15, -0.1) is 0 Å². The maximum absolute atomic E-state index is 13.3. The number of amides is 1. The molecule has 180 valence electrons. The highest BCUT2D eigenvalue weighted by Crippen LogP contribution is 2.37. The zero-order valence-corrected chi connectivity index (χ0v) is 19.5. The Kier molecular flexibility index (Phi) is 7.31. The second-order valence-corrected chi connectivity index (χ2v) is 9.11. The molecule has 1 heterocycles. The van der Waals surface area contributed by atoms with Crippen LogP contribution in [0.1, 0.15) is 55.1 Å². The third-order valence-corrected chi connectivity index (χ3v) is 6.66. The molecule has 0 spiro atoms. The number of hydrogen-bond acceptors (Lipinski definition) is 3. The topological polar surface area (TPSA) is 51.2 Å². The summed E-state index contributed by atoms with van der Waals surface area (Å²) in [5.74, 6) is 0.357. The molecule has 4 nitrogen and oxygen atoms in total. The van der Waals surface area contributed by atoms with Gasteiger partial charge in [0.05, 0.1) is 11.6 Å². The van der Waals surface area contributed by atoms with Crippen molar-refractivity contribution in [1.29, 1.82) is 0 Å². The number of hydrogen-bond donors (Lipinski definition) is 1. The molecular weight excluding hydrogens is 465 g/mol. The lowest BCUT2D eigenvalue weighted by atomic mass is 9.81. The zero-order valence-electron chi connectivity index (χ0n) is 18.7. The fourth-order valence-electron chi connectivity index (χ4n) is 4.58. The summed E-state index contributed by atoms with van der Waals surface area (Å²) >= 11 is 5.90. The van der Waals surface area contributed by atoms with Crippen molar-refractivity contribution in [3.8, 4) is 5.75 Å². The molecule has 3 aromatic rings. The lowest BCUT2D eigenvalue weighted by molar-refractivity contribution is -0.141. The van der Waals surface area contributed by atoms with E-state index in [2.05, 4.69) is 10.3 Å². The molecule has 1 aromatic heterocycles. The second kappa shape index (κ2) is 10.2. The fourth-order valence-corrected chi connectivity index (χ4v) is 4.71. The van der Waals surface area contributed by atoms with Crippen LogP contribution in [-0.2, 0) is 6.18 Å². The van der Waals surface area contributed by atoms with E-state index in [1.54, 1.807) is 48.5 Å². The summed E-state index contributed by atoms with van der Waals surface area (Å²) in [6.45, 7) is 2.04. The Morgan fingerprint density at radius 1 is 1.12 bits per heavy atom. The summed E-state index contributed by atoms with van der Waals surface area (Å²) in [4.78, 5) is 16.4. The third-order valence-electron chi connectivity index (χ3n) is 6.41. The van der Waals surface area contributed by atoms with Crippen molar-refractivity contribution in [2.45, 2.75) is 57.3 Å². The average molecular weight is 491 g/mol. The van der Waals surface area contributed by atoms with Crippen molar-refractivity contribution >= 4 is 28.4 Å². The summed E-state index contributed by atoms with van der Waals surface area (Å²) in [6, 6.07) is 14.5.